The quantitative estimate of drug-likeness (QED) is 0.834. The van der Waals surface area contributed by atoms with E-state index < -0.39 is 15.9 Å². The van der Waals surface area contributed by atoms with Crippen LogP contribution in [0.4, 0.5) is 0 Å². The van der Waals surface area contributed by atoms with Gasteiger partial charge in [0.1, 0.15) is 12.0 Å². The molecule has 118 valence electrons. The van der Waals surface area contributed by atoms with Crippen LogP contribution in [0.1, 0.15) is 23.0 Å². The smallest absolute Gasteiger partial charge is 0.192 e. The molecule has 0 amide bonds. The number of ether oxygens (including phenoxy) is 1. The van der Waals surface area contributed by atoms with Crippen LogP contribution in [0, 0.1) is 6.92 Å². The Kier molecular flexibility index (Phi) is 4.64. The normalized spacial score (nSPS) is 13.0. The molecule has 1 unspecified atom stereocenters. The molecule has 2 heterocycles. The zero-order chi connectivity index (χ0) is 16.5. The molecule has 0 radical (unpaired) electrons. The number of halogens is 1. The van der Waals surface area contributed by atoms with Gasteiger partial charge in [0.05, 0.1) is 13.2 Å². The van der Waals surface area contributed by atoms with Crippen molar-refractivity contribution in [1.29, 1.82) is 0 Å². The van der Waals surface area contributed by atoms with Crippen molar-refractivity contribution in [3.63, 3.8) is 0 Å². The Morgan fingerprint density at radius 2 is 2.00 bits per heavy atom. The summed E-state index contributed by atoms with van der Waals surface area (Å²) in [4.78, 5) is 12.0. The summed E-state index contributed by atoms with van der Waals surface area (Å²) in [7, 11) is -1.93. The van der Waals surface area contributed by atoms with Crippen LogP contribution in [0.25, 0.3) is 0 Å². The SMILES string of the molecule is COc1c(Cl)ncnc1C(N)c1ccc(S(C)(=O)=O)nc1C. The lowest BCUT2D eigenvalue weighted by molar-refractivity contribution is 0.402. The van der Waals surface area contributed by atoms with Crippen molar-refractivity contribution in [2.45, 2.75) is 18.0 Å². The predicted molar refractivity (Wildman–Crippen MR) is 81.7 cm³/mol. The van der Waals surface area contributed by atoms with Crippen molar-refractivity contribution < 1.29 is 13.2 Å². The molecule has 2 rings (SSSR count). The minimum atomic E-state index is -3.38. The summed E-state index contributed by atoms with van der Waals surface area (Å²) >= 11 is 5.96. The third-order valence-electron chi connectivity index (χ3n) is 3.10. The molecule has 0 spiro atoms. The molecule has 2 N–H and O–H groups in total. The molecule has 0 bridgehead atoms. The number of pyridine rings is 1. The largest absolute Gasteiger partial charge is 0.492 e. The first kappa shape index (κ1) is 16.6. The summed E-state index contributed by atoms with van der Waals surface area (Å²) in [6.07, 6.45) is 2.38. The molecule has 0 fully saturated rings. The third kappa shape index (κ3) is 3.18. The Labute approximate surface area is 133 Å². The summed E-state index contributed by atoms with van der Waals surface area (Å²) in [5.74, 6) is 0.281. The first-order valence-corrected chi connectivity index (χ1v) is 8.50. The molecular weight excluding hydrogens is 328 g/mol. The second-order valence-electron chi connectivity index (χ2n) is 4.66. The zero-order valence-corrected chi connectivity index (χ0v) is 13.8. The zero-order valence-electron chi connectivity index (χ0n) is 12.2. The van der Waals surface area contributed by atoms with Gasteiger partial charge >= 0.3 is 0 Å². The Morgan fingerprint density at radius 1 is 1.32 bits per heavy atom. The molecule has 22 heavy (non-hydrogen) atoms. The number of aromatic nitrogens is 3. The molecular formula is C13H15ClN4O3S. The number of aryl methyl sites for hydroxylation is 1. The predicted octanol–water partition coefficient (Wildman–Crippen LogP) is 1.29. The van der Waals surface area contributed by atoms with Gasteiger partial charge in [0.15, 0.2) is 25.8 Å². The fourth-order valence-corrected chi connectivity index (χ4v) is 2.84. The number of sulfone groups is 1. The Hall–Kier alpha value is -1.77. The highest BCUT2D eigenvalue weighted by molar-refractivity contribution is 7.90. The minimum absolute atomic E-state index is 0.00589. The molecule has 7 nitrogen and oxygen atoms in total. The maximum absolute atomic E-state index is 11.5. The first-order valence-electron chi connectivity index (χ1n) is 6.23. The Morgan fingerprint density at radius 3 is 2.55 bits per heavy atom. The number of methoxy groups -OCH3 is 1. The van der Waals surface area contributed by atoms with Crippen LogP contribution in [0.15, 0.2) is 23.5 Å². The lowest BCUT2D eigenvalue weighted by atomic mass is 10.0. The van der Waals surface area contributed by atoms with E-state index in [1.165, 1.54) is 19.5 Å². The molecule has 0 aliphatic rings. The first-order chi connectivity index (χ1) is 10.3. The highest BCUT2D eigenvalue weighted by atomic mass is 35.5. The van der Waals surface area contributed by atoms with E-state index >= 15 is 0 Å². The van der Waals surface area contributed by atoms with Gasteiger partial charge in [0.25, 0.3) is 0 Å². The number of hydrogen-bond donors (Lipinski definition) is 1. The van der Waals surface area contributed by atoms with Crippen LogP contribution in [-0.2, 0) is 9.84 Å². The summed E-state index contributed by atoms with van der Waals surface area (Å²) in [5, 5.41) is 0.148. The van der Waals surface area contributed by atoms with Gasteiger partial charge in [-0.3, -0.25) is 0 Å². The van der Waals surface area contributed by atoms with Crippen LogP contribution in [0.5, 0.6) is 5.75 Å². The van der Waals surface area contributed by atoms with Gasteiger partial charge in [-0.1, -0.05) is 17.7 Å². The molecule has 2 aromatic heterocycles. The van der Waals surface area contributed by atoms with Crippen molar-refractivity contribution in [1.82, 2.24) is 15.0 Å². The summed E-state index contributed by atoms with van der Waals surface area (Å²) in [5.41, 5.74) is 7.72. The van der Waals surface area contributed by atoms with Gasteiger partial charge in [-0.05, 0) is 18.6 Å². The highest BCUT2D eigenvalue weighted by Gasteiger charge is 2.22. The van der Waals surface area contributed by atoms with Gasteiger partial charge in [0.2, 0.25) is 0 Å². The standard InChI is InChI=1S/C13H15ClN4O3S/c1-7-8(4-5-9(18-7)22(3,19)20)10(15)11-12(21-2)13(14)17-6-16-11/h4-6,10H,15H2,1-3H3. The van der Waals surface area contributed by atoms with E-state index in [0.717, 1.165) is 6.26 Å². The van der Waals surface area contributed by atoms with Crippen molar-refractivity contribution in [3.05, 3.63) is 40.6 Å². The van der Waals surface area contributed by atoms with Crippen LogP contribution < -0.4 is 10.5 Å². The molecule has 0 saturated heterocycles. The lowest BCUT2D eigenvalue weighted by Crippen LogP contribution is -2.18. The van der Waals surface area contributed by atoms with Crippen molar-refractivity contribution in [2.75, 3.05) is 13.4 Å². The van der Waals surface area contributed by atoms with E-state index in [9.17, 15) is 8.42 Å². The van der Waals surface area contributed by atoms with Gasteiger partial charge in [-0.15, -0.1) is 0 Å². The van der Waals surface area contributed by atoms with E-state index in [1.54, 1.807) is 13.0 Å². The van der Waals surface area contributed by atoms with E-state index in [0.29, 0.717) is 17.0 Å². The molecule has 0 aliphatic heterocycles. The molecule has 1 atom stereocenters. The molecule has 9 heteroatoms. The second kappa shape index (κ2) is 6.15. The van der Waals surface area contributed by atoms with Crippen LogP contribution in [-0.4, -0.2) is 36.7 Å². The number of hydrogen-bond acceptors (Lipinski definition) is 7. The van der Waals surface area contributed by atoms with E-state index in [-0.39, 0.29) is 15.9 Å². The summed E-state index contributed by atoms with van der Waals surface area (Å²) < 4.78 is 28.2. The van der Waals surface area contributed by atoms with Crippen molar-refractivity contribution in [3.8, 4) is 5.75 Å². The number of nitrogens with two attached hydrogens (primary N) is 1. The van der Waals surface area contributed by atoms with E-state index in [4.69, 9.17) is 22.1 Å². The van der Waals surface area contributed by atoms with E-state index in [2.05, 4.69) is 15.0 Å². The fourth-order valence-electron chi connectivity index (χ4n) is 2.01. The van der Waals surface area contributed by atoms with Crippen molar-refractivity contribution >= 4 is 21.4 Å². The fraction of sp³-hybridized carbons (Fsp3) is 0.308. The Bertz CT molecular complexity index is 811. The minimum Gasteiger partial charge on any atom is -0.492 e. The van der Waals surface area contributed by atoms with Gasteiger partial charge in [-0.25, -0.2) is 23.4 Å². The maximum atomic E-state index is 11.5. The van der Waals surface area contributed by atoms with E-state index in [1.807, 2.05) is 0 Å². The van der Waals surface area contributed by atoms with Crippen LogP contribution in [0.3, 0.4) is 0 Å². The lowest BCUT2D eigenvalue weighted by Gasteiger charge is -2.17. The molecule has 0 aromatic carbocycles. The van der Waals surface area contributed by atoms with Crippen LogP contribution in [0.2, 0.25) is 5.15 Å². The van der Waals surface area contributed by atoms with Crippen LogP contribution >= 0.6 is 11.6 Å². The maximum Gasteiger partial charge on any atom is 0.192 e. The third-order valence-corrected chi connectivity index (χ3v) is 4.36. The number of nitrogens with zero attached hydrogens (tertiary/aromatic N) is 3. The summed E-state index contributed by atoms with van der Waals surface area (Å²) in [6, 6.07) is 2.35. The summed E-state index contributed by atoms with van der Waals surface area (Å²) in [6.45, 7) is 1.68. The second-order valence-corrected chi connectivity index (χ2v) is 6.98. The highest BCUT2D eigenvalue weighted by Crippen LogP contribution is 2.32. The number of rotatable bonds is 4. The molecule has 0 saturated carbocycles. The average molecular weight is 343 g/mol. The average Bonchev–Trinajstić information content (AvgIpc) is 2.45. The monoisotopic (exact) mass is 342 g/mol. The Balaban J connectivity index is 2.51. The van der Waals surface area contributed by atoms with Crippen molar-refractivity contribution in [2.24, 2.45) is 5.73 Å². The van der Waals surface area contributed by atoms with Gasteiger partial charge in [0, 0.05) is 11.9 Å². The van der Waals surface area contributed by atoms with Gasteiger partial charge < -0.3 is 10.5 Å². The molecule has 2 aromatic rings. The molecule has 0 aliphatic carbocycles. The topological polar surface area (TPSA) is 108 Å². The van der Waals surface area contributed by atoms with Gasteiger partial charge in [-0.2, -0.15) is 0 Å².